The van der Waals surface area contributed by atoms with Gasteiger partial charge in [0, 0.05) is 49.6 Å². The molecular weight excluding hydrogens is 353 g/mol. The zero-order valence-electron chi connectivity index (χ0n) is 13.4. The Kier molecular flexibility index (Phi) is 8.86. The molecule has 2 atom stereocenters. The second kappa shape index (κ2) is 9.84. The number of halogens is 2. The van der Waals surface area contributed by atoms with Crippen LogP contribution in [0.15, 0.2) is 17.5 Å². The van der Waals surface area contributed by atoms with Crippen LogP contribution in [0, 0.1) is 5.92 Å². The molecule has 1 aromatic heterocycles. The Hall–Kier alpha value is -0.330. The van der Waals surface area contributed by atoms with Gasteiger partial charge in [0.15, 0.2) is 0 Å². The van der Waals surface area contributed by atoms with E-state index < -0.39 is 0 Å². The van der Waals surface area contributed by atoms with Gasteiger partial charge in [-0.05, 0) is 30.7 Å². The van der Waals surface area contributed by atoms with Gasteiger partial charge in [-0.1, -0.05) is 12.5 Å². The van der Waals surface area contributed by atoms with E-state index in [9.17, 15) is 4.79 Å². The number of nitrogens with zero attached hydrogens (tertiary/aromatic N) is 2. The van der Waals surface area contributed by atoms with E-state index in [1.165, 1.54) is 4.88 Å². The highest BCUT2D eigenvalue weighted by Crippen LogP contribution is 2.25. The Morgan fingerprint density at radius 2 is 1.96 bits per heavy atom. The van der Waals surface area contributed by atoms with Crippen molar-refractivity contribution in [1.82, 2.24) is 9.80 Å². The number of thiophene rings is 1. The average Bonchev–Trinajstić information content (AvgIpc) is 3.00. The van der Waals surface area contributed by atoms with E-state index in [2.05, 4.69) is 27.3 Å². The van der Waals surface area contributed by atoms with E-state index in [0.717, 1.165) is 58.4 Å². The Labute approximate surface area is 155 Å². The first-order valence-corrected chi connectivity index (χ1v) is 8.89. The summed E-state index contributed by atoms with van der Waals surface area (Å²) in [5.74, 6) is 0.526. The second-order valence-corrected chi connectivity index (χ2v) is 7.34. The maximum atomic E-state index is 12.6. The Balaban J connectivity index is 0.00000132. The van der Waals surface area contributed by atoms with Gasteiger partial charge in [-0.3, -0.25) is 9.69 Å². The number of hydrogen-bond donors (Lipinski definition) is 1. The van der Waals surface area contributed by atoms with Crippen molar-refractivity contribution >= 4 is 42.1 Å². The van der Waals surface area contributed by atoms with Gasteiger partial charge in [-0.25, -0.2) is 0 Å². The lowest BCUT2D eigenvalue weighted by Gasteiger charge is -2.37. The maximum Gasteiger partial charge on any atom is 0.225 e. The summed E-state index contributed by atoms with van der Waals surface area (Å²) < 4.78 is 0. The molecule has 1 aliphatic carbocycles. The third kappa shape index (κ3) is 5.61. The maximum absolute atomic E-state index is 12.6. The highest BCUT2D eigenvalue weighted by molar-refractivity contribution is 7.09. The molecule has 2 aliphatic rings. The summed E-state index contributed by atoms with van der Waals surface area (Å²) in [5.41, 5.74) is 6.01. The van der Waals surface area contributed by atoms with E-state index >= 15 is 0 Å². The zero-order chi connectivity index (χ0) is 14.7. The quantitative estimate of drug-likeness (QED) is 0.877. The third-order valence-electron chi connectivity index (χ3n) is 4.71. The molecule has 0 aromatic carbocycles. The van der Waals surface area contributed by atoms with Crippen LogP contribution in [-0.4, -0.2) is 47.9 Å². The van der Waals surface area contributed by atoms with Gasteiger partial charge in [0.2, 0.25) is 5.91 Å². The van der Waals surface area contributed by atoms with Crippen LogP contribution < -0.4 is 5.73 Å². The molecule has 4 nitrogen and oxygen atoms in total. The minimum Gasteiger partial charge on any atom is -0.340 e. The van der Waals surface area contributed by atoms with Crippen LogP contribution in [0.4, 0.5) is 0 Å². The number of piperazine rings is 1. The SMILES string of the molecule is Cl.Cl.NC1CCCC(C(=O)N2CCN(Cc3cccs3)CC2)C1. The molecule has 1 aromatic rings. The van der Waals surface area contributed by atoms with Crippen LogP contribution in [0.25, 0.3) is 0 Å². The second-order valence-electron chi connectivity index (χ2n) is 6.30. The number of nitrogens with two attached hydrogens (primary N) is 1. The molecule has 1 aliphatic heterocycles. The number of amides is 1. The Morgan fingerprint density at radius 1 is 1.22 bits per heavy atom. The molecule has 23 heavy (non-hydrogen) atoms. The summed E-state index contributed by atoms with van der Waals surface area (Å²) in [6.45, 7) is 4.74. The lowest BCUT2D eigenvalue weighted by Crippen LogP contribution is -2.50. The summed E-state index contributed by atoms with van der Waals surface area (Å²) in [7, 11) is 0. The highest BCUT2D eigenvalue weighted by atomic mass is 35.5. The average molecular weight is 380 g/mol. The summed E-state index contributed by atoms with van der Waals surface area (Å²) in [4.78, 5) is 18.5. The van der Waals surface area contributed by atoms with Crippen LogP contribution in [0.2, 0.25) is 0 Å². The molecule has 1 saturated carbocycles. The lowest BCUT2D eigenvalue weighted by atomic mass is 9.85. The van der Waals surface area contributed by atoms with Crippen LogP contribution in [0.3, 0.4) is 0 Å². The molecule has 1 saturated heterocycles. The topological polar surface area (TPSA) is 49.6 Å². The predicted molar refractivity (Wildman–Crippen MR) is 101 cm³/mol. The molecule has 1 amide bonds. The molecule has 2 unspecified atom stereocenters. The fraction of sp³-hybridized carbons (Fsp3) is 0.688. The van der Waals surface area contributed by atoms with Crippen LogP contribution in [0.1, 0.15) is 30.6 Å². The Bertz CT molecular complexity index is 464. The van der Waals surface area contributed by atoms with Crippen LogP contribution >= 0.6 is 36.2 Å². The molecule has 7 heteroatoms. The standard InChI is InChI=1S/C16H25N3OS.2ClH/c17-14-4-1-3-13(11-14)16(20)19-8-6-18(7-9-19)12-15-5-2-10-21-15;;/h2,5,10,13-14H,1,3-4,6-9,11-12,17H2;2*1H. The van der Waals surface area contributed by atoms with Crippen molar-refractivity contribution in [3.05, 3.63) is 22.4 Å². The predicted octanol–water partition coefficient (Wildman–Crippen LogP) is 2.75. The minimum atomic E-state index is 0. The molecule has 3 rings (SSSR count). The highest BCUT2D eigenvalue weighted by Gasteiger charge is 2.30. The van der Waals surface area contributed by atoms with Crippen molar-refractivity contribution in [3.63, 3.8) is 0 Å². The fourth-order valence-corrected chi connectivity index (χ4v) is 4.21. The van der Waals surface area contributed by atoms with E-state index in [1.807, 2.05) is 11.3 Å². The fourth-order valence-electron chi connectivity index (χ4n) is 3.46. The number of carbonyl (C=O) groups excluding carboxylic acids is 1. The summed E-state index contributed by atoms with van der Waals surface area (Å²) >= 11 is 1.81. The van der Waals surface area contributed by atoms with Gasteiger partial charge in [0.1, 0.15) is 0 Å². The van der Waals surface area contributed by atoms with Crippen molar-refractivity contribution in [2.75, 3.05) is 26.2 Å². The number of hydrogen-bond acceptors (Lipinski definition) is 4. The van der Waals surface area contributed by atoms with Crippen molar-refractivity contribution < 1.29 is 4.79 Å². The van der Waals surface area contributed by atoms with Gasteiger partial charge in [0.25, 0.3) is 0 Å². The number of rotatable bonds is 3. The first-order chi connectivity index (χ1) is 10.2. The monoisotopic (exact) mass is 379 g/mol. The van der Waals surface area contributed by atoms with Gasteiger partial charge in [0.05, 0.1) is 0 Å². The smallest absolute Gasteiger partial charge is 0.225 e. The van der Waals surface area contributed by atoms with Gasteiger partial charge in [-0.15, -0.1) is 36.2 Å². The van der Waals surface area contributed by atoms with Gasteiger partial charge >= 0.3 is 0 Å². The molecule has 2 fully saturated rings. The van der Waals surface area contributed by atoms with E-state index in [-0.39, 0.29) is 36.8 Å². The third-order valence-corrected chi connectivity index (χ3v) is 5.57. The zero-order valence-corrected chi connectivity index (χ0v) is 15.8. The summed E-state index contributed by atoms with van der Waals surface area (Å²) in [6, 6.07) is 4.52. The van der Waals surface area contributed by atoms with Crippen molar-refractivity contribution in [1.29, 1.82) is 0 Å². The van der Waals surface area contributed by atoms with Crippen LogP contribution in [0.5, 0.6) is 0 Å². The molecule has 2 heterocycles. The van der Waals surface area contributed by atoms with Gasteiger partial charge in [-0.2, -0.15) is 0 Å². The molecular formula is C16H27Cl2N3OS. The molecule has 0 bridgehead atoms. The number of carbonyl (C=O) groups is 1. The first-order valence-electron chi connectivity index (χ1n) is 8.01. The van der Waals surface area contributed by atoms with E-state index in [1.54, 1.807) is 0 Å². The van der Waals surface area contributed by atoms with Crippen molar-refractivity contribution in [3.8, 4) is 0 Å². The van der Waals surface area contributed by atoms with Crippen LogP contribution in [-0.2, 0) is 11.3 Å². The summed E-state index contributed by atoms with van der Waals surface area (Å²) in [5, 5.41) is 2.13. The molecule has 132 valence electrons. The minimum absolute atomic E-state index is 0. The Morgan fingerprint density at radius 3 is 2.57 bits per heavy atom. The largest absolute Gasteiger partial charge is 0.340 e. The van der Waals surface area contributed by atoms with Crippen molar-refractivity contribution in [2.45, 2.75) is 38.3 Å². The van der Waals surface area contributed by atoms with E-state index in [0.29, 0.717) is 5.91 Å². The van der Waals surface area contributed by atoms with Gasteiger partial charge < -0.3 is 10.6 Å². The molecule has 0 spiro atoms. The molecule has 2 N–H and O–H groups in total. The summed E-state index contributed by atoms with van der Waals surface area (Å²) in [6.07, 6.45) is 4.10. The normalized spacial score (nSPS) is 25.3. The van der Waals surface area contributed by atoms with E-state index in [4.69, 9.17) is 5.73 Å². The molecule has 0 radical (unpaired) electrons. The first kappa shape index (κ1) is 20.7. The lowest BCUT2D eigenvalue weighted by molar-refractivity contribution is -0.138. The van der Waals surface area contributed by atoms with Crippen molar-refractivity contribution in [2.24, 2.45) is 11.7 Å².